The van der Waals surface area contributed by atoms with Crippen molar-refractivity contribution >= 4 is 27.6 Å². The molecule has 2 heterocycles. The molecule has 5 heteroatoms. The van der Waals surface area contributed by atoms with Crippen LogP contribution in [0.5, 0.6) is 5.75 Å². The molecule has 0 spiro atoms. The highest BCUT2D eigenvalue weighted by atomic mass is 79.9. The molecule has 0 saturated carbocycles. The number of ether oxygens (including phenoxy) is 1. The summed E-state index contributed by atoms with van der Waals surface area (Å²) in [6, 6.07) is 12.1. The van der Waals surface area contributed by atoms with Crippen molar-refractivity contribution in [1.82, 2.24) is 5.32 Å². The molecule has 2 aromatic carbocycles. The smallest absolute Gasteiger partial charge is 0.325 e. The molecule has 2 bridgehead atoms. The Balaban J connectivity index is 1.91. The van der Waals surface area contributed by atoms with E-state index >= 15 is 0 Å². The maximum absolute atomic E-state index is 13.3. The average Bonchev–Trinajstić information content (AvgIpc) is 2.60. The standard InChI is InChI=1S/C25H31BrN2O2/c1-23(2,3)15-12-16-19-14-25(7,30-21(16)17(13-15)24(4,5)6)28(22(29)27-19)20-11-9-8-10-18(20)26/h8-13,19H,14H2,1-7H3,(H,27,29). The van der Waals surface area contributed by atoms with Gasteiger partial charge in [0, 0.05) is 22.0 Å². The number of carbonyl (C=O) groups is 1. The first-order valence-corrected chi connectivity index (χ1v) is 11.3. The quantitative estimate of drug-likeness (QED) is 0.496. The van der Waals surface area contributed by atoms with E-state index in [-0.39, 0.29) is 22.9 Å². The van der Waals surface area contributed by atoms with Crippen LogP contribution < -0.4 is 15.0 Å². The van der Waals surface area contributed by atoms with Crippen LogP contribution in [0.15, 0.2) is 40.9 Å². The number of amides is 2. The predicted molar refractivity (Wildman–Crippen MR) is 125 cm³/mol. The Morgan fingerprint density at radius 1 is 1.10 bits per heavy atom. The highest BCUT2D eigenvalue weighted by molar-refractivity contribution is 9.10. The molecule has 4 rings (SSSR count). The predicted octanol–water partition coefficient (Wildman–Crippen LogP) is 6.81. The highest BCUT2D eigenvalue weighted by Crippen LogP contribution is 2.51. The van der Waals surface area contributed by atoms with Gasteiger partial charge in [-0.15, -0.1) is 0 Å². The summed E-state index contributed by atoms with van der Waals surface area (Å²) in [5.41, 5.74) is 3.50. The zero-order valence-electron chi connectivity index (χ0n) is 18.9. The van der Waals surface area contributed by atoms with Crippen molar-refractivity contribution in [3.05, 3.63) is 57.6 Å². The lowest BCUT2D eigenvalue weighted by Crippen LogP contribution is -2.65. The summed E-state index contributed by atoms with van der Waals surface area (Å²) < 4.78 is 7.62. The van der Waals surface area contributed by atoms with Gasteiger partial charge in [-0.25, -0.2) is 4.79 Å². The summed E-state index contributed by atoms with van der Waals surface area (Å²) in [4.78, 5) is 15.0. The minimum atomic E-state index is -0.771. The van der Waals surface area contributed by atoms with E-state index < -0.39 is 5.72 Å². The summed E-state index contributed by atoms with van der Waals surface area (Å²) in [5.74, 6) is 0.909. The zero-order chi connectivity index (χ0) is 22.1. The molecular formula is C25H31BrN2O2. The number of urea groups is 1. The number of carbonyl (C=O) groups excluding carboxylic acids is 1. The van der Waals surface area contributed by atoms with Crippen LogP contribution >= 0.6 is 15.9 Å². The highest BCUT2D eigenvalue weighted by Gasteiger charge is 2.51. The third kappa shape index (κ3) is 3.41. The Morgan fingerprint density at radius 3 is 2.37 bits per heavy atom. The number of para-hydroxylation sites is 1. The number of hydrogen-bond acceptors (Lipinski definition) is 2. The van der Waals surface area contributed by atoms with Gasteiger partial charge in [-0.3, -0.25) is 4.90 Å². The Kier molecular flexibility index (Phi) is 4.77. The fourth-order valence-electron chi connectivity index (χ4n) is 4.46. The van der Waals surface area contributed by atoms with Gasteiger partial charge in [-0.05, 0) is 57.4 Å². The zero-order valence-corrected chi connectivity index (χ0v) is 20.5. The van der Waals surface area contributed by atoms with E-state index in [9.17, 15) is 4.79 Å². The second kappa shape index (κ2) is 6.74. The molecule has 2 amide bonds. The van der Waals surface area contributed by atoms with Crippen molar-refractivity contribution in [2.75, 3.05) is 4.90 Å². The van der Waals surface area contributed by atoms with Gasteiger partial charge < -0.3 is 10.1 Å². The molecule has 4 nitrogen and oxygen atoms in total. The van der Waals surface area contributed by atoms with Crippen molar-refractivity contribution in [3.63, 3.8) is 0 Å². The second-order valence-electron chi connectivity index (χ2n) is 10.7. The van der Waals surface area contributed by atoms with Gasteiger partial charge in [0.15, 0.2) is 5.72 Å². The van der Waals surface area contributed by atoms with E-state index in [1.165, 1.54) is 11.1 Å². The SMILES string of the molecule is CC(C)(C)c1cc2c(c(C(C)(C)C)c1)OC1(C)CC2NC(=O)N1c1ccccc1Br. The topological polar surface area (TPSA) is 41.6 Å². The first-order valence-electron chi connectivity index (χ1n) is 10.5. The molecule has 0 aliphatic carbocycles. The lowest BCUT2D eigenvalue weighted by atomic mass is 9.76. The first kappa shape index (κ1) is 21.2. The lowest BCUT2D eigenvalue weighted by Gasteiger charge is -2.52. The maximum Gasteiger partial charge on any atom is 0.325 e. The summed E-state index contributed by atoms with van der Waals surface area (Å²) in [5, 5.41) is 3.25. The van der Waals surface area contributed by atoms with E-state index in [1.807, 2.05) is 31.2 Å². The third-order valence-corrected chi connectivity index (χ3v) is 6.81. The Morgan fingerprint density at radius 2 is 1.77 bits per heavy atom. The molecule has 30 heavy (non-hydrogen) atoms. The monoisotopic (exact) mass is 470 g/mol. The van der Waals surface area contributed by atoms with Crippen LogP contribution in [-0.4, -0.2) is 11.8 Å². The fourth-order valence-corrected chi connectivity index (χ4v) is 4.92. The van der Waals surface area contributed by atoms with Crippen LogP contribution in [0.1, 0.15) is 77.6 Å². The molecular weight excluding hydrogens is 440 g/mol. The fraction of sp³-hybridized carbons (Fsp3) is 0.480. The van der Waals surface area contributed by atoms with Gasteiger partial charge in [-0.2, -0.15) is 0 Å². The van der Waals surface area contributed by atoms with E-state index in [2.05, 4.69) is 74.9 Å². The summed E-state index contributed by atoms with van der Waals surface area (Å²) in [6.45, 7) is 15.3. The van der Waals surface area contributed by atoms with Crippen LogP contribution in [0.3, 0.4) is 0 Å². The number of nitrogens with one attached hydrogen (secondary N) is 1. The molecule has 2 aliphatic heterocycles. The van der Waals surface area contributed by atoms with Crippen molar-refractivity contribution < 1.29 is 9.53 Å². The molecule has 2 atom stereocenters. The lowest BCUT2D eigenvalue weighted by molar-refractivity contribution is 0.0357. The third-order valence-electron chi connectivity index (χ3n) is 6.14. The molecule has 0 radical (unpaired) electrons. The minimum absolute atomic E-state index is 0.00932. The van der Waals surface area contributed by atoms with Crippen LogP contribution in [-0.2, 0) is 10.8 Å². The van der Waals surface area contributed by atoms with Crippen LogP contribution in [0.2, 0.25) is 0 Å². The molecule has 2 unspecified atom stereocenters. The molecule has 2 aromatic rings. The normalized spacial score (nSPS) is 23.5. The van der Waals surface area contributed by atoms with Crippen LogP contribution in [0.4, 0.5) is 10.5 Å². The molecule has 0 aromatic heterocycles. The molecule has 160 valence electrons. The second-order valence-corrected chi connectivity index (χ2v) is 11.6. The van der Waals surface area contributed by atoms with E-state index in [0.29, 0.717) is 6.42 Å². The van der Waals surface area contributed by atoms with Gasteiger partial charge in [0.05, 0.1) is 11.7 Å². The van der Waals surface area contributed by atoms with Gasteiger partial charge in [-0.1, -0.05) is 59.7 Å². The van der Waals surface area contributed by atoms with Gasteiger partial charge in [0.1, 0.15) is 5.75 Å². The molecule has 1 fully saturated rings. The van der Waals surface area contributed by atoms with Crippen molar-refractivity contribution in [1.29, 1.82) is 0 Å². The molecule has 1 N–H and O–H groups in total. The maximum atomic E-state index is 13.3. The number of rotatable bonds is 1. The van der Waals surface area contributed by atoms with Gasteiger partial charge in [0.2, 0.25) is 0 Å². The summed E-state index contributed by atoms with van der Waals surface area (Å²) in [6.07, 6.45) is 0.685. The summed E-state index contributed by atoms with van der Waals surface area (Å²) in [7, 11) is 0. The van der Waals surface area contributed by atoms with Gasteiger partial charge in [0.25, 0.3) is 0 Å². The molecule has 2 aliphatic rings. The number of benzene rings is 2. The van der Waals surface area contributed by atoms with Crippen molar-refractivity contribution in [2.24, 2.45) is 0 Å². The first-order chi connectivity index (χ1) is 13.8. The number of anilines is 1. The van der Waals surface area contributed by atoms with Crippen molar-refractivity contribution in [3.8, 4) is 5.75 Å². The van der Waals surface area contributed by atoms with Crippen LogP contribution in [0, 0.1) is 0 Å². The minimum Gasteiger partial charge on any atom is -0.467 e. The van der Waals surface area contributed by atoms with E-state index in [4.69, 9.17) is 4.74 Å². The van der Waals surface area contributed by atoms with Gasteiger partial charge >= 0.3 is 6.03 Å². The largest absolute Gasteiger partial charge is 0.467 e. The summed E-state index contributed by atoms with van der Waals surface area (Å²) >= 11 is 3.61. The number of halogens is 1. The van der Waals surface area contributed by atoms with Crippen LogP contribution in [0.25, 0.3) is 0 Å². The Labute approximate surface area is 188 Å². The Hall–Kier alpha value is -2.01. The van der Waals surface area contributed by atoms with Crippen molar-refractivity contribution in [2.45, 2.75) is 77.5 Å². The number of hydrogen-bond donors (Lipinski definition) is 1. The number of nitrogens with zero attached hydrogens (tertiary/aromatic N) is 1. The van der Waals surface area contributed by atoms with E-state index in [1.54, 1.807) is 4.90 Å². The average molecular weight is 471 g/mol. The number of fused-ring (bicyclic) bond motifs is 4. The molecule has 1 saturated heterocycles. The van der Waals surface area contributed by atoms with E-state index in [0.717, 1.165) is 21.5 Å². The Bertz CT molecular complexity index is 1020.